The topological polar surface area (TPSA) is 87.2 Å². The Morgan fingerprint density at radius 2 is 1.31 bits per heavy atom. The molecule has 0 aromatic carbocycles. The highest BCUT2D eigenvalue weighted by Gasteiger charge is 2.07. The van der Waals surface area contributed by atoms with E-state index >= 15 is 0 Å². The average Bonchev–Trinajstić information content (AvgIpc) is 3.17. The molecule has 0 amide bonds. The van der Waals surface area contributed by atoms with Crippen LogP contribution in [0.3, 0.4) is 0 Å². The molecule has 8 nitrogen and oxygen atoms in total. The van der Waals surface area contributed by atoms with Crippen molar-refractivity contribution in [1.29, 1.82) is 0 Å². The quantitative estimate of drug-likeness (QED) is 0.336. The summed E-state index contributed by atoms with van der Waals surface area (Å²) in [5.74, 6) is 0.729. The summed E-state index contributed by atoms with van der Waals surface area (Å²) in [6, 6.07) is 9.30. The van der Waals surface area contributed by atoms with Crippen molar-refractivity contribution < 1.29 is 0 Å². The van der Waals surface area contributed by atoms with E-state index in [4.69, 9.17) is 0 Å². The Bertz CT molecular complexity index is 905. The van der Waals surface area contributed by atoms with E-state index in [2.05, 4.69) is 93.9 Å². The second kappa shape index (κ2) is 8.93. The van der Waals surface area contributed by atoms with Crippen LogP contribution in [-0.2, 0) is 0 Å². The van der Waals surface area contributed by atoms with Crippen LogP contribution in [0.25, 0.3) is 11.5 Å². The van der Waals surface area contributed by atoms with E-state index in [1.165, 1.54) is 0 Å². The summed E-state index contributed by atoms with van der Waals surface area (Å²) >= 11 is 12.9. The zero-order valence-corrected chi connectivity index (χ0v) is 19.1. The fourth-order valence-electron chi connectivity index (χ4n) is 1.81. The molecule has 0 saturated carbocycles. The van der Waals surface area contributed by atoms with Crippen molar-refractivity contribution in [2.24, 2.45) is 0 Å². The van der Waals surface area contributed by atoms with E-state index in [0.717, 1.165) is 11.5 Å². The molecular formula is C14H8Br4N8. The molecule has 12 heteroatoms. The van der Waals surface area contributed by atoms with Gasteiger partial charge >= 0.3 is 0 Å². The normalized spacial score (nSPS) is 10.3. The largest absolute Gasteiger partial charge is 0.265 e. The van der Waals surface area contributed by atoms with Crippen molar-refractivity contribution in [3.05, 3.63) is 67.9 Å². The van der Waals surface area contributed by atoms with Crippen LogP contribution in [0.5, 0.6) is 0 Å². The zero-order chi connectivity index (χ0) is 18.5. The molecule has 0 aliphatic rings. The van der Waals surface area contributed by atoms with Gasteiger partial charge in [0.15, 0.2) is 5.82 Å². The molecule has 4 aromatic rings. The van der Waals surface area contributed by atoms with E-state index in [1.807, 2.05) is 30.3 Å². The minimum Gasteiger partial charge on any atom is -0.265 e. The number of rotatable bonds is 2. The Morgan fingerprint density at radius 1 is 0.692 bits per heavy atom. The molecule has 4 aromatic heterocycles. The fraction of sp³-hybridized carbons (Fsp3) is 0. The number of hydrogen-bond donors (Lipinski definition) is 0. The molecule has 26 heavy (non-hydrogen) atoms. The van der Waals surface area contributed by atoms with Gasteiger partial charge in [-0.15, -0.1) is 10.2 Å². The van der Waals surface area contributed by atoms with E-state index in [0.29, 0.717) is 18.9 Å². The number of halogens is 4. The Labute approximate surface area is 181 Å². The lowest BCUT2D eigenvalue weighted by Gasteiger charge is -1.98. The minimum atomic E-state index is 0.532. The van der Waals surface area contributed by atoms with Crippen LogP contribution in [0.4, 0.5) is 0 Å². The van der Waals surface area contributed by atoms with Crippen LogP contribution in [0.1, 0.15) is 0 Å². The standard InChI is InChI=1S/2C7H4Br2N4/c8-6-11-7(9)13(12-6)5-1-3-10-4-2-5;8-6-11-7(9)13(12-6)5-3-1-2-4-10-5/h2*1-4H. The summed E-state index contributed by atoms with van der Waals surface area (Å²) in [5.41, 5.74) is 0.917. The van der Waals surface area contributed by atoms with Gasteiger partial charge in [0, 0.05) is 18.6 Å². The van der Waals surface area contributed by atoms with Gasteiger partial charge in [0.05, 0.1) is 5.69 Å². The second-order valence-electron chi connectivity index (χ2n) is 4.52. The lowest BCUT2D eigenvalue weighted by atomic mass is 10.4. The highest BCUT2D eigenvalue weighted by Crippen LogP contribution is 2.16. The highest BCUT2D eigenvalue weighted by atomic mass is 79.9. The lowest BCUT2D eigenvalue weighted by molar-refractivity contribution is 0.819. The summed E-state index contributed by atoms with van der Waals surface area (Å²) < 4.78 is 5.64. The smallest absolute Gasteiger partial charge is 0.218 e. The SMILES string of the molecule is Brc1nc(Br)n(-c2ccccn2)n1.Brc1nc(Br)n(-c2ccncc2)n1. The monoisotopic (exact) mass is 604 g/mol. The zero-order valence-electron chi connectivity index (χ0n) is 12.7. The molecule has 0 N–H and O–H groups in total. The van der Waals surface area contributed by atoms with Gasteiger partial charge in [-0.3, -0.25) is 4.98 Å². The molecule has 0 aliphatic heterocycles. The molecule has 0 bridgehead atoms. The van der Waals surface area contributed by atoms with Gasteiger partial charge in [-0.05, 0) is 88.0 Å². The van der Waals surface area contributed by atoms with Crippen LogP contribution in [0.15, 0.2) is 67.9 Å². The molecule has 0 unspecified atom stereocenters. The van der Waals surface area contributed by atoms with E-state index in [1.54, 1.807) is 28.0 Å². The first kappa shape index (κ1) is 19.3. The summed E-state index contributed by atoms with van der Waals surface area (Å²) in [6.45, 7) is 0. The van der Waals surface area contributed by atoms with Crippen LogP contribution in [0, 0.1) is 0 Å². The predicted molar refractivity (Wildman–Crippen MR) is 109 cm³/mol. The Balaban J connectivity index is 0.000000151. The van der Waals surface area contributed by atoms with E-state index in [-0.39, 0.29) is 0 Å². The maximum absolute atomic E-state index is 4.13. The third-order valence-corrected chi connectivity index (χ3v) is 4.56. The second-order valence-corrected chi connectivity index (χ2v) is 7.35. The van der Waals surface area contributed by atoms with Crippen LogP contribution in [0.2, 0.25) is 0 Å². The molecule has 0 aliphatic carbocycles. The molecule has 0 spiro atoms. The van der Waals surface area contributed by atoms with Gasteiger partial charge in [-0.1, -0.05) is 6.07 Å². The molecule has 4 rings (SSSR count). The van der Waals surface area contributed by atoms with Gasteiger partial charge in [0.1, 0.15) is 0 Å². The number of pyridine rings is 2. The number of nitrogens with zero attached hydrogens (tertiary/aromatic N) is 8. The number of hydrogen-bond acceptors (Lipinski definition) is 6. The van der Waals surface area contributed by atoms with Crippen LogP contribution >= 0.6 is 63.7 Å². The van der Waals surface area contributed by atoms with Crippen LogP contribution < -0.4 is 0 Å². The third kappa shape index (κ3) is 4.81. The van der Waals surface area contributed by atoms with Gasteiger partial charge < -0.3 is 0 Å². The Hall–Kier alpha value is -1.50. The maximum Gasteiger partial charge on any atom is 0.218 e. The van der Waals surface area contributed by atoms with Gasteiger partial charge in [0.25, 0.3) is 0 Å². The van der Waals surface area contributed by atoms with Gasteiger partial charge in [-0.2, -0.15) is 14.6 Å². The number of aromatic nitrogens is 8. The minimum absolute atomic E-state index is 0.532. The Morgan fingerprint density at radius 3 is 1.81 bits per heavy atom. The van der Waals surface area contributed by atoms with E-state index in [9.17, 15) is 0 Å². The van der Waals surface area contributed by atoms with Gasteiger partial charge in [0.2, 0.25) is 18.9 Å². The molecule has 0 saturated heterocycles. The van der Waals surface area contributed by atoms with Crippen molar-refractivity contribution in [2.75, 3.05) is 0 Å². The molecule has 0 fully saturated rings. The average molecular weight is 608 g/mol. The summed E-state index contributed by atoms with van der Waals surface area (Å²) in [5, 5.41) is 8.22. The first-order chi connectivity index (χ1) is 12.5. The lowest BCUT2D eigenvalue weighted by Crippen LogP contribution is -1.98. The van der Waals surface area contributed by atoms with Crippen LogP contribution in [-0.4, -0.2) is 39.5 Å². The summed E-state index contributed by atoms with van der Waals surface area (Å²) in [4.78, 5) is 16.1. The first-order valence-corrected chi connectivity index (χ1v) is 10.1. The molecule has 4 heterocycles. The van der Waals surface area contributed by atoms with E-state index < -0.39 is 0 Å². The maximum atomic E-state index is 4.13. The molecular weight excluding hydrogens is 600 g/mol. The molecule has 132 valence electrons. The summed E-state index contributed by atoms with van der Waals surface area (Å²) in [6.07, 6.45) is 5.12. The Kier molecular flexibility index (Phi) is 6.62. The molecule has 0 atom stereocenters. The molecule has 0 radical (unpaired) electrons. The van der Waals surface area contributed by atoms with Crippen molar-refractivity contribution in [3.8, 4) is 11.5 Å². The predicted octanol–water partition coefficient (Wildman–Crippen LogP) is 4.37. The van der Waals surface area contributed by atoms with Crippen molar-refractivity contribution in [1.82, 2.24) is 39.5 Å². The van der Waals surface area contributed by atoms with Crippen molar-refractivity contribution in [3.63, 3.8) is 0 Å². The van der Waals surface area contributed by atoms with Crippen molar-refractivity contribution in [2.45, 2.75) is 0 Å². The van der Waals surface area contributed by atoms with Gasteiger partial charge in [-0.25, -0.2) is 9.67 Å². The first-order valence-electron chi connectivity index (χ1n) is 6.92. The summed E-state index contributed by atoms with van der Waals surface area (Å²) in [7, 11) is 0. The third-order valence-electron chi connectivity index (χ3n) is 2.86. The van der Waals surface area contributed by atoms with Crippen molar-refractivity contribution >= 4 is 63.7 Å². The highest BCUT2D eigenvalue weighted by molar-refractivity contribution is 9.11. The fourth-order valence-corrected chi connectivity index (χ4v) is 3.82.